The van der Waals surface area contributed by atoms with Crippen molar-refractivity contribution in [1.82, 2.24) is 15.0 Å². The van der Waals surface area contributed by atoms with Crippen LogP contribution in [0.1, 0.15) is 37.8 Å². The van der Waals surface area contributed by atoms with Gasteiger partial charge in [-0.3, -0.25) is 4.90 Å². The fraction of sp³-hybridized carbons (Fsp3) is 0.500. The molecule has 1 aliphatic rings. The standard InChI is InChI=1S/C16H21N3O2/c1-10(2)19-9-13(20)8-14(19)16-17-15(18-21-16)12-6-4-5-11(3)7-12/h4-7,10,13-14,20H,8-9H2,1-3H3. The summed E-state index contributed by atoms with van der Waals surface area (Å²) in [6.45, 7) is 6.93. The lowest BCUT2D eigenvalue weighted by atomic mass is 10.1. The maximum absolute atomic E-state index is 9.91. The lowest BCUT2D eigenvalue weighted by Gasteiger charge is -2.25. The van der Waals surface area contributed by atoms with Crippen LogP contribution in [0.2, 0.25) is 0 Å². The van der Waals surface area contributed by atoms with Crippen LogP contribution >= 0.6 is 0 Å². The molecule has 1 saturated heterocycles. The zero-order chi connectivity index (χ0) is 15.0. The van der Waals surface area contributed by atoms with Crippen molar-refractivity contribution in [2.24, 2.45) is 0 Å². The predicted octanol–water partition coefficient (Wildman–Crippen LogP) is 2.56. The van der Waals surface area contributed by atoms with Gasteiger partial charge >= 0.3 is 0 Å². The van der Waals surface area contributed by atoms with Crippen molar-refractivity contribution >= 4 is 0 Å². The fourth-order valence-corrected chi connectivity index (χ4v) is 2.92. The molecular weight excluding hydrogens is 266 g/mol. The van der Waals surface area contributed by atoms with Gasteiger partial charge in [0.25, 0.3) is 0 Å². The van der Waals surface area contributed by atoms with E-state index in [4.69, 9.17) is 4.52 Å². The van der Waals surface area contributed by atoms with Crippen LogP contribution in [-0.2, 0) is 0 Å². The van der Waals surface area contributed by atoms with E-state index in [1.54, 1.807) is 0 Å². The van der Waals surface area contributed by atoms with Crippen molar-refractivity contribution in [2.75, 3.05) is 6.54 Å². The van der Waals surface area contributed by atoms with Crippen LogP contribution in [0.5, 0.6) is 0 Å². The van der Waals surface area contributed by atoms with Gasteiger partial charge in [-0.2, -0.15) is 4.98 Å². The van der Waals surface area contributed by atoms with Crippen LogP contribution in [0, 0.1) is 6.92 Å². The molecule has 1 fully saturated rings. The molecule has 2 atom stereocenters. The zero-order valence-corrected chi connectivity index (χ0v) is 12.7. The molecule has 1 aromatic heterocycles. The molecule has 112 valence electrons. The molecule has 0 aliphatic carbocycles. The molecule has 21 heavy (non-hydrogen) atoms. The maximum Gasteiger partial charge on any atom is 0.244 e. The van der Waals surface area contributed by atoms with E-state index in [9.17, 15) is 5.11 Å². The smallest absolute Gasteiger partial charge is 0.244 e. The van der Waals surface area contributed by atoms with Gasteiger partial charge in [0.2, 0.25) is 11.7 Å². The predicted molar refractivity (Wildman–Crippen MR) is 79.7 cm³/mol. The molecule has 1 aliphatic heterocycles. The highest BCUT2D eigenvalue weighted by Crippen LogP contribution is 2.33. The van der Waals surface area contributed by atoms with Gasteiger partial charge in [0.15, 0.2) is 0 Å². The van der Waals surface area contributed by atoms with Crippen LogP contribution in [0.4, 0.5) is 0 Å². The van der Waals surface area contributed by atoms with Crippen molar-refractivity contribution < 1.29 is 9.63 Å². The summed E-state index contributed by atoms with van der Waals surface area (Å²) >= 11 is 0. The maximum atomic E-state index is 9.91. The lowest BCUT2D eigenvalue weighted by Crippen LogP contribution is -2.31. The van der Waals surface area contributed by atoms with Gasteiger partial charge in [-0.15, -0.1) is 0 Å². The first kappa shape index (κ1) is 14.2. The van der Waals surface area contributed by atoms with Crippen molar-refractivity contribution in [1.29, 1.82) is 0 Å². The Morgan fingerprint density at radius 1 is 1.38 bits per heavy atom. The first-order valence-electron chi connectivity index (χ1n) is 7.39. The Kier molecular flexibility index (Phi) is 3.78. The molecule has 0 amide bonds. The SMILES string of the molecule is Cc1cccc(-c2noc(C3CC(O)CN3C(C)C)n2)c1. The number of aliphatic hydroxyl groups excluding tert-OH is 1. The van der Waals surface area contributed by atoms with Crippen LogP contribution in [0.15, 0.2) is 28.8 Å². The van der Waals surface area contributed by atoms with E-state index >= 15 is 0 Å². The Morgan fingerprint density at radius 2 is 2.19 bits per heavy atom. The largest absolute Gasteiger partial charge is 0.392 e. The number of rotatable bonds is 3. The number of nitrogens with zero attached hydrogens (tertiary/aromatic N) is 3. The van der Waals surface area contributed by atoms with Crippen LogP contribution < -0.4 is 0 Å². The third kappa shape index (κ3) is 2.84. The quantitative estimate of drug-likeness (QED) is 0.940. The van der Waals surface area contributed by atoms with Crippen LogP contribution in [-0.4, -0.2) is 38.8 Å². The van der Waals surface area contributed by atoms with E-state index in [0.717, 1.165) is 5.56 Å². The minimum atomic E-state index is -0.327. The number of aromatic nitrogens is 2. The van der Waals surface area contributed by atoms with Gasteiger partial charge in [0.1, 0.15) is 0 Å². The molecule has 5 heteroatoms. The zero-order valence-electron chi connectivity index (χ0n) is 12.7. The first-order chi connectivity index (χ1) is 10.0. The second-order valence-corrected chi connectivity index (χ2v) is 6.02. The molecule has 0 spiro atoms. The fourth-order valence-electron chi connectivity index (χ4n) is 2.92. The van der Waals surface area contributed by atoms with E-state index in [0.29, 0.717) is 30.7 Å². The summed E-state index contributed by atoms with van der Waals surface area (Å²) in [5.41, 5.74) is 2.12. The monoisotopic (exact) mass is 287 g/mol. The molecule has 0 saturated carbocycles. The normalized spacial score (nSPS) is 23.1. The van der Waals surface area contributed by atoms with E-state index in [1.165, 1.54) is 5.56 Å². The summed E-state index contributed by atoms with van der Waals surface area (Å²) in [5.74, 6) is 1.20. The highest BCUT2D eigenvalue weighted by atomic mass is 16.5. The average molecular weight is 287 g/mol. The molecule has 1 N–H and O–H groups in total. The lowest BCUT2D eigenvalue weighted by molar-refractivity contribution is 0.150. The molecule has 2 unspecified atom stereocenters. The van der Waals surface area contributed by atoms with Gasteiger partial charge < -0.3 is 9.63 Å². The molecule has 0 bridgehead atoms. The Bertz CT molecular complexity index is 623. The van der Waals surface area contributed by atoms with E-state index in [1.807, 2.05) is 31.2 Å². The number of hydrogen-bond donors (Lipinski definition) is 1. The average Bonchev–Trinajstić information content (AvgIpc) is 3.04. The molecule has 2 aromatic rings. The van der Waals surface area contributed by atoms with Gasteiger partial charge in [0, 0.05) is 18.2 Å². The highest BCUT2D eigenvalue weighted by molar-refractivity contribution is 5.55. The molecule has 5 nitrogen and oxygen atoms in total. The Hall–Kier alpha value is -1.72. The number of aryl methyl sites for hydroxylation is 1. The minimum Gasteiger partial charge on any atom is -0.392 e. The number of hydrogen-bond acceptors (Lipinski definition) is 5. The molecule has 2 heterocycles. The van der Waals surface area contributed by atoms with E-state index in [2.05, 4.69) is 28.9 Å². The second kappa shape index (κ2) is 5.58. The molecule has 0 radical (unpaired) electrons. The summed E-state index contributed by atoms with van der Waals surface area (Å²) in [6.07, 6.45) is 0.319. The van der Waals surface area contributed by atoms with E-state index in [-0.39, 0.29) is 12.1 Å². The van der Waals surface area contributed by atoms with Gasteiger partial charge in [-0.05, 0) is 33.3 Å². The number of benzene rings is 1. The second-order valence-electron chi connectivity index (χ2n) is 6.02. The van der Waals surface area contributed by atoms with Gasteiger partial charge in [-0.1, -0.05) is 28.9 Å². The molecular formula is C16H21N3O2. The number of β-amino-alcohol motifs (C(OH)–C–C–N with tert-alkyl or cyclic N) is 1. The van der Waals surface area contributed by atoms with Crippen molar-refractivity contribution in [2.45, 2.75) is 45.4 Å². The number of aliphatic hydroxyl groups is 1. The summed E-state index contributed by atoms with van der Waals surface area (Å²) in [6, 6.07) is 8.38. The third-order valence-electron chi connectivity index (χ3n) is 3.98. The summed E-state index contributed by atoms with van der Waals surface area (Å²) in [4.78, 5) is 6.75. The Balaban J connectivity index is 1.88. The van der Waals surface area contributed by atoms with Crippen LogP contribution in [0.25, 0.3) is 11.4 Å². The summed E-state index contributed by atoms with van der Waals surface area (Å²) in [7, 11) is 0. The van der Waals surface area contributed by atoms with Crippen molar-refractivity contribution in [3.63, 3.8) is 0 Å². The summed E-state index contributed by atoms with van der Waals surface area (Å²) < 4.78 is 5.46. The molecule has 1 aromatic carbocycles. The first-order valence-corrected chi connectivity index (χ1v) is 7.39. The summed E-state index contributed by atoms with van der Waals surface area (Å²) in [5, 5.41) is 14.0. The van der Waals surface area contributed by atoms with Crippen LogP contribution in [0.3, 0.4) is 0 Å². The minimum absolute atomic E-state index is 0.00561. The van der Waals surface area contributed by atoms with Gasteiger partial charge in [0.05, 0.1) is 12.1 Å². The Labute approximate surface area is 124 Å². The molecule has 3 rings (SSSR count). The van der Waals surface area contributed by atoms with Gasteiger partial charge in [-0.25, -0.2) is 0 Å². The van der Waals surface area contributed by atoms with Crippen molar-refractivity contribution in [3.8, 4) is 11.4 Å². The topological polar surface area (TPSA) is 62.4 Å². The van der Waals surface area contributed by atoms with Crippen molar-refractivity contribution in [3.05, 3.63) is 35.7 Å². The Morgan fingerprint density at radius 3 is 2.90 bits per heavy atom. The number of likely N-dealkylation sites (tertiary alicyclic amines) is 1. The third-order valence-corrected chi connectivity index (χ3v) is 3.98. The highest BCUT2D eigenvalue weighted by Gasteiger charge is 2.37. The van der Waals surface area contributed by atoms with E-state index < -0.39 is 0 Å².